The summed E-state index contributed by atoms with van der Waals surface area (Å²) in [4.78, 5) is 25.9. The molecule has 0 radical (unpaired) electrons. The molecule has 0 spiro atoms. The van der Waals surface area contributed by atoms with E-state index < -0.39 is 0 Å². The molecule has 1 amide bonds. The van der Waals surface area contributed by atoms with Gasteiger partial charge in [-0.15, -0.1) is 5.11 Å². The molecule has 0 unspecified atom stereocenters. The number of amides is 1. The quantitative estimate of drug-likeness (QED) is 0.281. The van der Waals surface area contributed by atoms with E-state index in [0.717, 1.165) is 55.8 Å². The van der Waals surface area contributed by atoms with E-state index in [1.807, 2.05) is 54.6 Å². The minimum atomic E-state index is -0.0506. The number of aromatic nitrogens is 4. The molecule has 0 aliphatic carbocycles. The van der Waals surface area contributed by atoms with Crippen molar-refractivity contribution < 1.29 is 4.79 Å². The molecule has 190 valence electrons. The number of carbonyl (C=O) groups is 1. The molecular formula is C27H31N9O. The predicted molar refractivity (Wildman–Crippen MR) is 142 cm³/mol. The van der Waals surface area contributed by atoms with Crippen LogP contribution in [0.5, 0.6) is 0 Å². The molecular weight excluding hydrogens is 466 g/mol. The maximum Gasteiger partial charge on any atom is 0.251 e. The van der Waals surface area contributed by atoms with Crippen molar-refractivity contribution in [2.45, 2.75) is 13.0 Å². The van der Waals surface area contributed by atoms with E-state index in [0.29, 0.717) is 30.1 Å². The van der Waals surface area contributed by atoms with Crippen LogP contribution in [0.1, 0.15) is 22.3 Å². The smallest absolute Gasteiger partial charge is 0.251 e. The van der Waals surface area contributed by atoms with Gasteiger partial charge in [0.05, 0.1) is 23.8 Å². The van der Waals surface area contributed by atoms with Crippen LogP contribution in [0.3, 0.4) is 0 Å². The van der Waals surface area contributed by atoms with Crippen molar-refractivity contribution in [1.82, 2.24) is 34.9 Å². The Morgan fingerprint density at radius 2 is 1.78 bits per heavy atom. The van der Waals surface area contributed by atoms with Gasteiger partial charge in [0, 0.05) is 38.3 Å². The topological polar surface area (TPSA) is 104 Å². The van der Waals surface area contributed by atoms with Crippen LogP contribution in [-0.4, -0.2) is 81.8 Å². The monoisotopic (exact) mass is 497 g/mol. The number of para-hydroxylation sites is 1. The van der Waals surface area contributed by atoms with E-state index in [4.69, 9.17) is 0 Å². The fourth-order valence-electron chi connectivity index (χ4n) is 4.29. The molecule has 4 aromatic rings. The van der Waals surface area contributed by atoms with Crippen molar-refractivity contribution in [3.05, 3.63) is 78.2 Å². The third-order valence-corrected chi connectivity index (χ3v) is 6.51. The Morgan fingerprint density at radius 1 is 1.00 bits per heavy atom. The maximum absolute atomic E-state index is 12.5. The molecule has 1 aliphatic rings. The third-order valence-electron chi connectivity index (χ3n) is 6.51. The van der Waals surface area contributed by atoms with Crippen molar-refractivity contribution in [2.24, 2.45) is 10.2 Å². The van der Waals surface area contributed by atoms with Crippen LogP contribution >= 0.6 is 0 Å². The second-order valence-electron chi connectivity index (χ2n) is 9.18. The lowest BCUT2D eigenvalue weighted by molar-refractivity contribution is 0.0949. The number of nitrogens with zero attached hydrogens (tertiary/aromatic N) is 8. The number of likely N-dealkylation sites (N-methyl/N-ethyl adjacent to an activating group) is 1. The minimum absolute atomic E-state index is 0.0506. The lowest BCUT2D eigenvalue weighted by atomic mass is 10.1. The van der Waals surface area contributed by atoms with Crippen LogP contribution < -0.4 is 5.32 Å². The van der Waals surface area contributed by atoms with Gasteiger partial charge in [-0.1, -0.05) is 30.3 Å². The van der Waals surface area contributed by atoms with Crippen LogP contribution in [0.4, 0.5) is 5.82 Å². The van der Waals surface area contributed by atoms with Gasteiger partial charge in [0.25, 0.3) is 5.91 Å². The molecule has 0 bridgehead atoms. The summed E-state index contributed by atoms with van der Waals surface area (Å²) in [5.74, 6) is 0.421. The second-order valence-corrected chi connectivity index (χ2v) is 9.18. The summed E-state index contributed by atoms with van der Waals surface area (Å²) < 4.78 is 1.76. The van der Waals surface area contributed by atoms with Gasteiger partial charge in [0.2, 0.25) is 0 Å². The highest BCUT2D eigenvalue weighted by atomic mass is 16.1. The van der Waals surface area contributed by atoms with Crippen molar-refractivity contribution in [2.75, 3.05) is 46.3 Å². The molecule has 0 saturated carbocycles. The van der Waals surface area contributed by atoms with Crippen LogP contribution in [-0.2, 0) is 6.54 Å². The number of hydrogen-bond acceptors (Lipinski definition) is 8. The van der Waals surface area contributed by atoms with E-state index in [1.54, 1.807) is 10.9 Å². The Kier molecular flexibility index (Phi) is 7.87. The number of hydrogen-bond donors (Lipinski definition) is 1. The van der Waals surface area contributed by atoms with E-state index in [9.17, 15) is 4.79 Å². The van der Waals surface area contributed by atoms with Crippen molar-refractivity contribution in [3.63, 3.8) is 0 Å². The summed E-state index contributed by atoms with van der Waals surface area (Å²) in [6.07, 6.45) is 4.13. The van der Waals surface area contributed by atoms with Crippen LogP contribution in [0.25, 0.3) is 16.7 Å². The first-order valence-electron chi connectivity index (χ1n) is 12.6. The third kappa shape index (κ3) is 6.22. The van der Waals surface area contributed by atoms with Gasteiger partial charge in [-0.3, -0.25) is 4.79 Å². The lowest BCUT2D eigenvalue weighted by Gasteiger charge is -2.32. The maximum atomic E-state index is 12.5. The number of benzene rings is 2. The summed E-state index contributed by atoms with van der Waals surface area (Å²) in [7, 11) is 2.16. The first kappa shape index (κ1) is 24.7. The normalized spacial score (nSPS) is 14.9. The van der Waals surface area contributed by atoms with Crippen LogP contribution in [0.2, 0.25) is 0 Å². The number of carbonyl (C=O) groups excluding carboxylic acids is 1. The molecule has 1 fully saturated rings. The average molecular weight is 498 g/mol. The van der Waals surface area contributed by atoms with E-state index >= 15 is 0 Å². The highest BCUT2D eigenvalue weighted by Crippen LogP contribution is 2.24. The number of azo groups is 1. The van der Waals surface area contributed by atoms with Crippen molar-refractivity contribution in [3.8, 4) is 5.69 Å². The Labute approximate surface area is 216 Å². The Balaban J connectivity index is 1.12. The van der Waals surface area contributed by atoms with Gasteiger partial charge in [0.15, 0.2) is 11.5 Å². The molecule has 37 heavy (non-hydrogen) atoms. The highest BCUT2D eigenvalue weighted by Gasteiger charge is 2.13. The summed E-state index contributed by atoms with van der Waals surface area (Å²) in [6.45, 7) is 6.50. The van der Waals surface area contributed by atoms with Gasteiger partial charge in [0.1, 0.15) is 6.33 Å². The molecule has 10 heteroatoms. The van der Waals surface area contributed by atoms with Crippen molar-refractivity contribution >= 4 is 22.8 Å². The molecule has 1 saturated heterocycles. The van der Waals surface area contributed by atoms with Gasteiger partial charge in [-0.25, -0.2) is 14.6 Å². The minimum Gasteiger partial charge on any atom is -0.352 e. The first-order valence-corrected chi connectivity index (χ1v) is 12.6. The first-order chi connectivity index (χ1) is 18.2. The summed E-state index contributed by atoms with van der Waals surface area (Å²) >= 11 is 0. The molecule has 2 aromatic carbocycles. The molecule has 10 nitrogen and oxygen atoms in total. The number of piperazine rings is 1. The van der Waals surface area contributed by atoms with Gasteiger partial charge < -0.3 is 15.1 Å². The predicted octanol–water partition coefficient (Wildman–Crippen LogP) is 3.47. The Bertz CT molecular complexity index is 1340. The Hall–Kier alpha value is -4.02. The summed E-state index contributed by atoms with van der Waals surface area (Å²) in [6, 6.07) is 17.3. The summed E-state index contributed by atoms with van der Waals surface area (Å²) in [5.41, 5.74) is 3.19. The molecule has 3 heterocycles. The molecule has 1 aliphatic heterocycles. The average Bonchev–Trinajstić information content (AvgIpc) is 3.38. The van der Waals surface area contributed by atoms with E-state index in [2.05, 4.69) is 47.5 Å². The van der Waals surface area contributed by atoms with Crippen LogP contribution in [0, 0.1) is 0 Å². The molecule has 5 rings (SSSR count). The highest BCUT2D eigenvalue weighted by molar-refractivity contribution is 5.94. The summed E-state index contributed by atoms with van der Waals surface area (Å²) in [5, 5.41) is 16.8. The Morgan fingerprint density at radius 3 is 2.57 bits per heavy atom. The van der Waals surface area contributed by atoms with Gasteiger partial charge >= 0.3 is 0 Å². The molecule has 2 aromatic heterocycles. The van der Waals surface area contributed by atoms with Crippen LogP contribution in [0.15, 0.2) is 77.3 Å². The fraction of sp³-hybridized carbons (Fsp3) is 0.333. The standard InChI is InChI=1S/C27H31N9O/c1-34-14-16-35(17-15-34)13-5-12-28-27(37)22-10-8-21(9-11-22)18-31-33-25-24-19-32-36(26(24)30-20-29-25)23-6-3-2-4-7-23/h2-4,6-11,19-20H,5,12-18H2,1H3,(H,28,37). The zero-order valence-corrected chi connectivity index (χ0v) is 21.0. The molecule has 0 atom stereocenters. The van der Waals surface area contributed by atoms with Gasteiger partial charge in [-0.05, 0) is 49.8 Å². The van der Waals surface area contributed by atoms with Crippen molar-refractivity contribution in [1.29, 1.82) is 0 Å². The SMILES string of the molecule is CN1CCN(CCCNC(=O)c2ccc(CN=Nc3ncnc4c3cnn4-c3ccccc3)cc2)CC1. The second kappa shape index (κ2) is 11.8. The number of fused-ring (bicyclic) bond motifs is 1. The molecule has 1 N–H and O–H groups in total. The fourth-order valence-corrected chi connectivity index (χ4v) is 4.29. The zero-order valence-electron chi connectivity index (χ0n) is 21.0. The van der Waals surface area contributed by atoms with E-state index in [-0.39, 0.29) is 5.91 Å². The number of nitrogens with one attached hydrogen (secondary N) is 1. The van der Waals surface area contributed by atoms with E-state index in [1.165, 1.54) is 6.33 Å². The van der Waals surface area contributed by atoms with Gasteiger partial charge in [-0.2, -0.15) is 10.2 Å². The lowest BCUT2D eigenvalue weighted by Crippen LogP contribution is -2.45. The largest absolute Gasteiger partial charge is 0.352 e. The number of rotatable bonds is 9. The zero-order chi connectivity index (χ0) is 25.5.